The predicted octanol–water partition coefficient (Wildman–Crippen LogP) is 2.67. The van der Waals surface area contributed by atoms with Crippen LogP contribution in [0.15, 0.2) is 29.5 Å². The second kappa shape index (κ2) is 7.04. The van der Waals surface area contributed by atoms with Gasteiger partial charge in [-0.3, -0.25) is 0 Å². The molecule has 1 heterocycles. The van der Waals surface area contributed by atoms with Crippen LogP contribution in [-0.4, -0.2) is 31.8 Å². The van der Waals surface area contributed by atoms with Crippen LogP contribution >= 0.6 is 0 Å². The molecule has 0 aromatic heterocycles. The first-order valence-corrected chi connectivity index (χ1v) is 7.90. The highest BCUT2D eigenvalue weighted by molar-refractivity contribution is 5.95. The number of hydrogen-bond donors (Lipinski definition) is 2. The molecular formula is C18H24N2O5. The number of benzene rings is 1. The Morgan fingerprint density at radius 1 is 1.16 bits per heavy atom. The normalized spacial score (nSPS) is 17.5. The summed E-state index contributed by atoms with van der Waals surface area (Å²) in [5.41, 5.74) is 0.709. The third-order valence-electron chi connectivity index (χ3n) is 3.63. The SMILES string of the molecule is COc1cccc(C2NC(=O)NC(C)=C2C(=O)OC(C)(C)C)c1OC. The molecule has 1 unspecified atom stereocenters. The van der Waals surface area contributed by atoms with Crippen LogP contribution < -0.4 is 20.1 Å². The summed E-state index contributed by atoms with van der Waals surface area (Å²) >= 11 is 0. The van der Waals surface area contributed by atoms with Crippen molar-refractivity contribution in [1.29, 1.82) is 0 Å². The summed E-state index contributed by atoms with van der Waals surface area (Å²) < 4.78 is 16.3. The largest absolute Gasteiger partial charge is 0.493 e. The van der Waals surface area contributed by atoms with Gasteiger partial charge in [0.25, 0.3) is 0 Å². The minimum absolute atomic E-state index is 0.320. The number of rotatable bonds is 4. The fraction of sp³-hybridized carbons (Fsp3) is 0.444. The van der Waals surface area contributed by atoms with Gasteiger partial charge >= 0.3 is 12.0 Å². The van der Waals surface area contributed by atoms with Crippen molar-refractivity contribution in [2.75, 3.05) is 14.2 Å². The predicted molar refractivity (Wildman–Crippen MR) is 92.5 cm³/mol. The van der Waals surface area contributed by atoms with Gasteiger partial charge in [-0.1, -0.05) is 12.1 Å². The summed E-state index contributed by atoms with van der Waals surface area (Å²) in [5, 5.41) is 5.38. The molecule has 7 nitrogen and oxygen atoms in total. The van der Waals surface area contributed by atoms with Gasteiger partial charge in [-0.2, -0.15) is 0 Å². The second-order valence-electron chi connectivity index (χ2n) is 6.65. The number of carbonyl (C=O) groups is 2. The molecule has 2 amide bonds. The number of methoxy groups -OCH3 is 2. The lowest BCUT2D eigenvalue weighted by molar-refractivity contribution is -0.150. The fourth-order valence-electron chi connectivity index (χ4n) is 2.67. The van der Waals surface area contributed by atoms with Gasteiger partial charge in [0.05, 0.1) is 25.8 Å². The maximum Gasteiger partial charge on any atom is 0.338 e. The third kappa shape index (κ3) is 4.04. The van der Waals surface area contributed by atoms with Crippen molar-refractivity contribution in [1.82, 2.24) is 10.6 Å². The number of urea groups is 1. The van der Waals surface area contributed by atoms with Gasteiger partial charge in [-0.25, -0.2) is 9.59 Å². The number of hydrogen-bond acceptors (Lipinski definition) is 5. The number of ether oxygens (including phenoxy) is 3. The van der Waals surface area contributed by atoms with E-state index in [2.05, 4.69) is 10.6 Å². The fourth-order valence-corrected chi connectivity index (χ4v) is 2.67. The zero-order valence-electron chi connectivity index (χ0n) is 15.4. The van der Waals surface area contributed by atoms with Crippen LogP contribution in [0.5, 0.6) is 11.5 Å². The first-order valence-electron chi connectivity index (χ1n) is 7.90. The summed E-state index contributed by atoms with van der Waals surface area (Å²) in [6.07, 6.45) is 0. The van der Waals surface area contributed by atoms with E-state index in [1.165, 1.54) is 14.2 Å². The molecule has 1 aliphatic heterocycles. The molecule has 1 aromatic rings. The zero-order chi connectivity index (χ0) is 18.8. The van der Waals surface area contributed by atoms with Gasteiger partial charge in [-0.05, 0) is 33.8 Å². The molecule has 136 valence electrons. The molecule has 25 heavy (non-hydrogen) atoms. The monoisotopic (exact) mass is 348 g/mol. The van der Waals surface area contributed by atoms with Crippen LogP contribution in [0.2, 0.25) is 0 Å². The maximum absolute atomic E-state index is 12.7. The van der Waals surface area contributed by atoms with E-state index in [9.17, 15) is 9.59 Å². The Morgan fingerprint density at radius 2 is 1.84 bits per heavy atom. The minimum Gasteiger partial charge on any atom is -0.493 e. The lowest BCUT2D eigenvalue weighted by Gasteiger charge is -2.31. The molecule has 1 aromatic carbocycles. The Balaban J connectivity index is 2.56. The van der Waals surface area contributed by atoms with Crippen LogP contribution in [-0.2, 0) is 9.53 Å². The number of esters is 1. The maximum atomic E-state index is 12.7. The lowest BCUT2D eigenvalue weighted by Crippen LogP contribution is -2.46. The molecule has 2 rings (SSSR count). The molecule has 2 N–H and O–H groups in total. The molecule has 0 spiro atoms. The lowest BCUT2D eigenvalue weighted by atomic mass is 9.94. The highest BCUT2D eigenvalue weighted by atomic mass is 16.6. The summed E-state index contributed by atoms with van der Waals surface area (Å²) in [6.45, 7) is 7.03. The van der Waals surface area contributed by atoms with E-state index in [-0.39, 0.29) is 0 Å². The highest BCUT2D eigenvalue weighted by Crippen LogP contribution is 2.39. The topological polar surface area (TPSA) is 85.9 Å². The Morgan fingerprint density at radius 3 is 2.40 bits per heavy atom. The van der Waals surface area contributed by atoms with E-state index >= 15 is 0 Å². The minimum atomic E-state index is -0.714. The van der Waals surface area contributed by atoms with E-state index in [4.69, 9.17) is 14.2 Å². The van der Waals surface area contributed by atoms with Gasteiger partial charge in [-0.15, -0.1) is 0 Å². The Bertz CT molecular complexity index is 719. The Labute approximate surface area is 147 Å². The number of carbonyl (C=O) groups excluding carboxylic acids is 2. The molecule has 1 atom stereocenters. The second-order valence-corrected chi connectivity index (χ2v) is 6.65. The van der Waals surface area contributed by atoms with Crippen molar-refractivity contribution in [3.63, 3.8) is 0 Å². The van der Waals surface area contributed by atoms with E-state index in [0.29, 0.717) is 28.3 Å². The van der Waals surface area contributed by atoms with E-state index in [1.807, 2.05) is 0 Å². The van der Waals surface area contributed by atoms with E-state index < -0.39 is 23.6 Å². The van der Waals surface area contributed by atoms with Crippen LogP contribution in [0.25, 0.3) is 0 Å². The molecule has 0 bridgehead atoms. The average Bonchev–Trinajstić information content (AvgIpc) is 2.51. The van der Waals surface area contributed by atoms with Crippen LogP contribution in [0.4, 0.5) is 4.79 Å². The standard InChI is InChI=1S/C18H24N2O5/c1-10-13(16(21)25-18(2,3)4)14(20-17(22)19-10)11-8-7-9-12(23-5)15(11)24-6/h7-9,14H,1-6H3,(H2,19,20,22). The molecule has 1 aliphatic rings. The number of allylic oxidation sites excluding steroid dienone is 1. The van der Waals surface area contributed by atoms with Crippen molar-refractivity contribution in [2.45, 2.75) is 39.3 Å². The van der Waals surface area contributed by atoms with E-state index in [0.717, 1.165) is 0 Å². The van der Waals surface area contributed by atoms with Crippen LogP contribution in [0, 0.1) is 0 Å². The number of nitrogens with one attached hydrogen (secondary N) is 2. The van der Waals surface area contributed by atoms with Crippen molar-refractivity contribution >= 4 is 12.0 Å². The molecule has 0 saturated carbocycles. The highest BCUT2D eigenvalue weighted by Gasteiger charge is 2.36. The average molecular weight is 348 g/mol. The third-order valence-corrected chi connectivity index (χ3v) is 3.63. The van der Waals surface area contributed by atoms with Crippen LogP contribution in [0.3, 0.4) is 0 Å². The van der Waals surface area contributed by atoms with Crippen molar-refractivity contribution in [3.05, 3.63) is 35.0 Å². The molecule has 0 saturated heterocycles. The molecular weight excluding hydrogens is 324 g/mol. The Hall–Kier alpha value is -2.70. The smallest absolute Gasteiger partial charge is 0.338 e. The van der Waals surface area contributed by atoms with E-state index in [1.54, 1.807) is 45.9 Å². The molecule has 0 fully saturated rings. The van der Waals surface area contributed by atoms with Gasteiger partial charge < -0.3 is 24.8 Å². The number of amides is 2. The zero-order valence-corrected chi connectivity index (χ0v) is 15.4. The quantitative estimate of drug-likeness (QED) is 0.817. The summed E-state index contributed by atoms with van der Waals surface area (Å²) in [5.74, 6) is 0.451. The summed E-state index contributed by atoms with van der Waals surface area (Å²) in [6, 6.07) is 4.17. The summed E-state index contributed by atoms with van der Waals surface area (Å²) in [4.78, 5) is 24.7. The van der Waals surface area contributed by atoms with Gasteiger partial charge in [0.1, 0.15) is 5.60 Å². The van der Waals surface area contributed by atoms with Crippen molar-refractivity contribution < 1.29 is 23.8 Å². The van der Waals surface area contributed by atoms with Gasteiger partial charge in [0, 0.05) is 11.3 Å². The Kier molecular flexibility index (Phi) is 5.25. The van der Waals surface area contributed by atoms with Crippen molar-refractivity contribution in [3.8, 4) is 11.5 Å². The molecule has 0 radical (unpaired) electrons. The summed E-state index contributed by atoms with van der Waals surface area (Å²) in [7, 11) is 3.03. The number of para-hydroxylation sites is 1. The molecule has 7 heteroatoms. The molecule has 0 aliphatic carbocycles. The van der Waals surface area contributed by atoms with Crippen LogP contribution in [0.1, 0.15) is 39.3 Å². The van der Waals surface area contributed by atoms with Crippen molar-refractivity contribution in [2.24, 2.45) is 0 Å². The van der Waals surface area contributed by atoms with Gasteiger partial charge in [0.2, 0.25) is 0 Å². The first-order chi connectivity index (χ1) is 11.7. The first kappa shape index (κ1) is 18.6. The van der Waals surface area contributed by atoms with Gasteiger partial charge in [0.15, 0.2) is 11.5 Å².